The van der Waals surface area contributed by atoms with Crippen LogP contribution in [0.4, 0.5) is 0 Å². The third kappa shape index (κ3) is 2.78. The van der Waals surface area contributed by atoms with Crippen molar-refractivity contribution in [2.24, 2.45) is 5.92 Å². The molecular weight excluding hydrogens is 332 g/mol. The quantitative estimate of drug-likeness (QED) is 0.670. The minimum atomic E-state index is -2.41. The van der Waals surface area contributed by atoms with Crippen molar-refractivity contribution in [3.05, 3.63) is 60.7 Å². The number of fused-ring (bicyclic) bond motifs is 1. The van der Waals surface area contributed by atoms with Crippen molar-refractivity contribution in [1.82, 2.24) is 0 Å². The summed E-state index contributed by atoms with van der Waals surface area (Å²) in [7, 11) is -2.41. The molecule has 2 aliphatic carbocycles. The molecule has 0 heterocycles. The van der Waals surface area contributed by atoms with Crippen molar-refractivity contribution in [3.8, 4) is 0 Å². The van der Waals surface area contributed by atoms with Gasteiger partial charge in [0.25, 0.3) is 8.32 Å². The summed E-state index contributed by atoms with van der Waals surface area (Å²) in [5.41, 5.74) is 0.116. The van der Waals surface area contributed by atoms with E-state index in [1.165, 1.54) is 48.9 Å². The summed E-state index contributed by atoms with van der Waals surface area (Å²) in [5, 5.41) is 2.93. The van der Waals surface area contributed by atoms with Crippen LogP contribution < -0.4 is 10.4 Å². The fourth-order valence-electron chi connectivity index (χ4n) is 5.64. The molecule has 138 valence electrons. The van der Waals surface area contributed by atoms with Gasteiger partial charge in [0.2, 0.25) is 0 Å². The van der Waals surface area contributed by atoms with E-state index < -0.39 is 8.32 Å². The standard InChI is InChI=1S/C24H32OSi/c1-23(2,3)26(21-14-6-4-7-15-21,22-16-8-5-9-17-22)25-24-18-10-12-20(24)13-11-19-24/h4-9,14-17,20H,10-13,18-19H2,1-3H3. The summed E-state index contributed by atoms with van der Waals surface area (Å²) in [6.45, 7) is 7.19. The van der Waals surface area contributed by atoms with E-state index in [0.29, 0.717) is 0 Å². The summed E-state index contributed by atoms with van der Waals surface area (Å²) in [6, 6.07) is 22.3. The Morgan fingerprint density at radius 2 is 1.27 bits per heavy atom. The summed E-state index contributed by atoms with van der Waals surface area (Å²) in [6.07, 6.45) is 7.90. The number of rotatable bonds is 4. The zero-order chi connectivity index (χ0) is 18.3. The summed E-state index contributed by atoms with van der Waals surface area (Å²) < 4.78 is 7.59. The van der Waals surface area contributed by atoms with Crippen molar-refractivity contribution in [3.63, 3.8) is 0 Å². The second kappa shape index (κ2) is 6.65. The van der Waals surface area contributed by atoms with Gasteiger partial charge in [-0.25, -0.2) is 0 Å². The first-order valence-electron chi connectivity index (χ1n) is 10.3. The van der Waals surface area contributed by atoms with Gasteiger partial charge < -0.3 is 4.43 Å². The van der Waals surface area contributed by atoms with E-state index in [1.54, 1.807) is 0 Å². The third-order valence-electron chi connectivity index (χ3n) is 6.82. The highest BCUT2D eigenvalue weighted by molar-refractivity contribution is 6.99. The zero-order valence-electron chi connectivity index (χ0n) is 16.5. The molecule has 0 bridgehead atoms. The van der Waals surface area contributed by atoms with Crippen LogP contribution in [0.25, 0.3) is 0 Å². The third-order valence-corrected chi connectivity index (χ3v) is 11.9. The van der Waals surface area contributed by atoms with E-state index in [1.807, 2.05) is 0 Å². The van der Waals surface area contributed by atoms with Crippen LogP contribution in [-0.2, 0) is 4.43 Å². The van der Waals surface area contributed by atoms with Crippen LogP contribution >= 0.6 is 0 Å². The van der Waals surface area contributed by atoms with Crippen molar-refractivity contribution in [2.75, 3.05) is 0 Å². The predicted octanol–water partition coefficient (Wildman–Crippen LogP) is 5.29. The van der Waals surface area contributed by atoms with E-state index in [9.17, 15) is 0 Å². The molecule has 0 spiro atoms. The van der Waals surface area contributed by atoms with Crippen LogP contribution in [0.2, 0.25) is 5.04 Å². The van der Waals surface area contributed by atoms with E-state index in [2.05, 4.69) is 81.4 Å². The molecule has 2 saturated carbocycles. The lowest BCUT2D eigenvalue weighted by atomic mass is 9.95. The maximum Gasteiger partial charge on any atom is 0.261 e. The summed E-state index contributed by atoms with van der Waals surface area (Å²) in [4.78, 5) is 0. The molecule has 26 heavy (non-hydrogen) atoms. The molecule has 0 aliphatic heterocycles. The van der Waals surface area contributed by atoms with E-state index in [-0.39, 0.29) is 10.6 Å². The van der Waals surface area contributed by atoms with Gasteiger partial charge in [-0.1, -0.05) is 94.3 Å². The maximum atomic E-state index is 7.59. The van der Waals surface area contributed by atoms with Crippen LogP contribution in [0.15, 0.2) is 60.7 Å². The topological polar surface area (TPSA) is 9.23 Å². The second-order valence-electron chi connectivity index (χ2n) is 9.31. The largest absolute Gasteiger partial charge is 0.402 e. The maximum absolute atomic E-state index is 7.59. The molecule has 0 unspecified atom stereocenters. The molecule has 0 N–H and O–H groups in total. The Labute approximate surface area is 159 Å². The van der Waals surface area contributed by atoms with Crippen LogP contribution in [0.5, 0.6) is 0 Å². The number of hydrogen-bond donors (Lipinski definition) is 0. The van der Waals surface area contributed by atoms with Gasteiger partial charge in [-0.05, 0) is 47.0 Å². The fourth-order valence-corrected chi connectivity index (χ4v) is 10.6. The highest BCUT2D eigenvalue weighted by atomic mass is 28.4. The van der Waals surface area contributed by atoms with E-state index in [4.69, 9.17) is 4.43 Å². The first kappa shape index (κ1) is 18.0. The summed E-state index contributed by atoms with van der Waals surface area (Å²) >= 11 is 0. The molecule has 4 rings (SSSR count). The minimum Gasteiger partial charge on any atom is -0.402 e. The molecule has 0 radical (unpaired) electrons. The SMILES string of the molecule is CC(C)(C)[Si](OC12CCCC1CCC2)(c1ccccc1)c1ccccc1. The molecule has 2 aromatic carbocycles. The molecule has 2 fully saturated rings. The Morgan fingerprint density at radius 3 is 1.69 bits per heavy atom. The average Bonchev–Trinajstić information content (AvgIpc) is 3.20. The highest BCUT2D eigenvalue weighted by Gasteiger charge is 2.58. The van der Waals surface area contributed by atoms with Crippen molar-refractivity contribution < 1.29 is 4.43 Å². The van der Waals surface area contributed by atoms with Gasteiger partial charge in [-0.3, -0.25) is 0 Å². The molecule has 0 saturated heterocycles. The van der Waals surface area contributed by atoms with Gasteiger partial charge in [0.05, 0.1) is 5.60 Å². The highest BCUT2D eigenvalue weighted by Crippen LogP contribution is 2.53. The first-order valence-corrected chi connectivity index (χ1v) is 12.2. The Bertz CT molecular complexity index is 682. The molecule has 2 heteroatoms. The molecule has 2 aromatic rings. The lowest BCUT2D eigenvalue weighted by molar-refractivity contribution is 0.0403. The monoisotopic (exact) mass is 364 g/mol. The average molecular weight is 365 g/mol. The number of hydrogen-bond acceptors (Lipinski definition) is 1. The lowest BCUT2D eigenvalue weighted by Crippen LogP contribution is -2.69. The second-order valence-corrected chi connectivity index (χ2v) is 13.5. The normalized spacial score (nSPS) is 26.0. The Hall–Kier alpha value is -1.38. The van der Waals surface area contributed by atoms with Crippen LogP contribution in [0.3, 0.4) is 0 Å². The van der Waals surface area contributed by atoms with Gasteiger partial charge in [0.15, 0.2) is 0 Å². The van der Waals surface area contributed by atoms with Gasteiger partial charge in [-0.15, -0.1) is 0 Å². The lowest BCUT2D eigenvalue weighted by Gasteiger charge is -2.49. The van der Waals surface area contributed by atoms with Crippen molar-refractivity contribution >= 4 is 18.7 Å². The Kier molecular flexibility index (Phi) is 4.61. The smallest absolute Gasteiger partial charge is 0.261 e. The molecule has 0 atom stereocenters. The van der Waals surface area contributed by atoms with Gasteiger partial charge in [-0.2, -0.15) is 0 Å². The van der Waals surface area contributed by atoms with Gasteiger partial charge in [0.1, 0.15) is 0 Å². The van der Waals surface area contributed by atoms with E-state index >= 15 is 0 Å². The van der Waals surface area contributed by atoms with Crippen molar-refractivity contribution in [2.45, 2.75) is 69.9 Å². The molecule has 1 nitrogen and oxygen atoms in total. The van der Waals surface area contributed by atoms with Crippen LogP contribution in [-0.4, -0.2) is 13.9 Å². The van der Waals surface area contributed by atoms with Crippen LogP contribution in [0.1, 0.15) is 59.3 Å². The fraction of sp³-hybridized carbons (Fsp3) is 0.500. The van der Waals surface area contributed by atoms with Crippen LogP contribution in [0, 0.1) is 5.92 Å². The molecule has 0 aromatic heterocycles. The summed E-state index contributed by atoms with van der Waals surface area (Å²) in [5.74, 6) is 0.768. The molecule has 2 aliphatic rings. The van der Waals surface area contributed by atoms with Crippen molar-refractivity contribution in [1.29, 1.82) is 0 Å². The van der Waals surface area contributed by atoms with Gasteiger partial charge >= 0.3 is 0 Å². The van der Waals surface area contributed by atoms with Gasteiger partial charge in [0, 0.05) is 0 Å². The molecule has 0 amide bonds. The zero-order valence-corrected chi connectivity index (χ0v) is 17.5. The minimum absolute atomic E-state index is 0.0835. The molecular formula is C24H32OSi. The predicted molar refractivity (Wildman–Crippen MR) is 113 cm³/mol. The number of benzene rings is 2. The first-order chi connectivity index (χ1) is 12.5. The Balaban J connectivity index is 1.91. The Morgan fingerprint density at radius 1 is 0.808 bits per heavy atom. The van der Waals surface area contributed by atoms with E-state index in [0.717, 1.165) is 5.92 Å².